The van der Waals surface area contributed by atoms with E-state index in [9.17, 15) is 20.1 Å². The number of nitrogens with zero attached hydrogens (tertiary/aromatic N) is 1. The Morgan fingerprint density at radius 3 is 2.78 bits per heavy atom. The molecule has 150 valence electrons. The van der Waals surface area contributed by atoms with Crippen molar-refractivity contribution in [3.8, 4) is 11.8 Å². The van der Waals surface area contributed by atoms with Crippen LogP contribution in [0.3, 0.4) is 0 Å². The van der Waals surface area contributed by atoms with Gasteiger partial charge < -0.3 is 15.3 Å². The minimum Gasteiger partial charge on any atom is -0.480 e. The summed E-state index contributed by atoms with van der Waals surface area (Å²) in [4.78, 5) is 13.9. The fraction of sp³-hybridized carbons (Fsp3) is 0.773. The van der Waals surface area contributed by atoms with E-state index in [0.717, 1.165) is 25.7 Å². The van der Waals surface area contributed by atoms with E-state index < -0.39 is 24.2 Å². The van der Waals surface area contributed by atoms with Crippen molar-refractivity contribution in [2.45, 2.75) is 89.1 Å². The fourth-order valence-corrected chi connectivity index (χ4v) is 5.37. The van der Waals surface area contributed by atoms with Gasteiger partial charge in [-0.2, -0.15) is 0 Å². The lowest BCUT2D eigenvalue weighted by atomic mass is 9.88. The van der Waals surface area contributed by atoms with Crippen LogP contribution in [0.4, 0.5) is 0 Å². The van der Waals surface area contributed by atoms with E-state index in [1.165, 1.54) is 0 Å². The standard InChI is InChI=1S/C22H33NO4/c1-3-4-5-7-14(2)20(24)11-10-16-17-12-15-8-6-9-18(22(26)27)23(15)19(17)13-21(16)25/h10-11,14-21,24-25H,3,6-9,12-13H2,1-2H3,(H,26,27)/t14?,15?,16-,17-,18?,19?,20-,21-/m1/s1. The van der Waals surface area contributed by atoms with Crippen molar-refractivity contribution in [3.05, 3.63) is 12.2 Å². The summed E-state index contributed by atoms with van der Waals surface area (Å²) >= 11 is 0. The molecule has 27 heavy (non-hydrogen) atoms. The van der Waals surface area contributed by atoms with Gasteiger partial charge in [-0.25, -0.2) is 0 Å². The largest absolute Gasteiger partial charge is 0.480 e. The number of rotatable bonds is 5. The van der Waals surface area contributed by atoms with Crippen LogP contribution in [0.25, 0.3) is 0 Å². The van der Waals surface area contributed by atoms with Crippen LogP contribution < -0.4 is 0 Å². The molecule has 1 saturated carbocycles. The molecule has 2 heterocycles. The van der Waals surface area contributed by atoms with E-state index in [1.807, 2.05) is 26.0 Å². The van der Waals surface area contributed by atoms with Crippen molar-refractivity contribution < 1.29 is 20.1 Å². The zero-order chi connectivity index (χ0) is 19.6. The number of hydrogen-bond acceptors (Lipinski definition) is 4. The number of aliphatic carboxylic acids is 1. The maximum absolute atomic E-state index is 11.7. The first kappa shape index (κ1) is 20.4. The van der Waals surface area contributed by atoms with E-state index in [1.54, 1.807) is 0 Å². The Morgan fingerprint density at radius 2 is 2.07 bits per heavy atom. The second-order valence-corrected chi connectivity index (χ2v) is 8.50. The Labute approximate surface area is 162 Å². The Balaban J connectivity index is 1.67. The molecule has 0 radical (unpaired) electrons. The summed E-state index contributed by atoms with van der Waals surface area (Å²) < 4.78 is 0. The minimum atomic E-state index is -0.730. The van der Waals surface area contributed by atoms with Crippen LogP contribution in [0, 0.1) is 29.6 Å². The van der Waals surface area contributed by atoms with Crippen molar-refractivity contribution >= 4 is 5.97 Å². The van der Waals surface area contributed by atoms with Gasteiger partial charge in [-0.1, -0.05) is 26.0 Å². The van der Waals surface area contributed by atoms with Crippen LogP contribution in [0.15, 0.2) is 12.2 Å². The van der Waals surface area contributed by atoms with Gasteiger partial charge in [0, 0.05) is 30.8 Å². The molecule has 3 fully saturated rings. The molecule has 2 saturated heterocycles. The van der Waals surface area contributed by atoms with Gasteiger partial charge in [0.2, 0.25) is 0 Å². The third kappa shape index (κ3) is 4.23. The van der Waals surface area contributed by atoms with Gasteiger partial charge in [0.15, 0.2) is 0 Å². The van der Waals surface area contributed by atoms with Crippen LogP contribution in [0.2, 0.25) is 0 Å². The molecule has 5 nitrogen and oxygen atoms in total. The van der Waals surface area contributed by atoms with Crippen molar-refractivity contribution in [2.24, 2.45) is 17.8 Å². The van der Waals surface area contributed by atoms with E-state index in [-0.39, 0.29) is 23.8 Å². The smallest absolute Gasteiger partial charge is 0.320 e. The highest BCUT2D eigenvalue weighted by atomic mass is 16.4. The predicted molar refractivity (Wildman–Crippen MR) is 104 cm³/mol. The van der Waals surface area contributed by atoms with Gasteiger partial charge in [0.05, 0.1) is 12.2 Å². The third-order valence-corrected chi connectivity index (χ3v) is 6.76. The van der Waals surface area contributed by atoms with E-state index >= 15 is 0 Å². The Bertz CT molecular complexity index is 622. The lowest BCUT2D eigenvalue weighted by molar-refractivity contribution is -0.146. The summed E-state index contributed by atoms with van der Waals surface area (Å²) in [6, 6.07) is 0.0638. The summed E-state index contributed by atoms with van der Waals surface area (Å²) in [5, 5.41) is 30.6. The molecule has 3 N–H and O–H groups in total. The molecule has 4 unspecified atom stereocenters. The summed E-state index contributed by atoms with van der Waals surface area (Å²) in [7, 11) is 0. The van der Waals surface area contributed by atoms with E-state index in [0.29, 0.717) is 25.3 Å². The molecule has 1 aliphatic carbocycles. The summed E-state index contributed by atoms with van der Waals surface area (Å²) in [5.41, 5.74) is 0. The molecule has 8 atom stereocenters. The Kier molecular flexibility index (Phi) is 6.62. The van der Waals surface area contributed by atoms with E-state index in [2.05, 4.69) is 16.7 Å². The molecule has 5 heteroatoms. The molecule has 0 aromatic heterocycles. The fourth-order valence-electron chi connectivity index (χ4n) is 5.37. The average Bonchev–Trinajstić information content (AvgIpc) is 3.14. The quantitative estimate of drug-likeness (QED) is 0.508. The third-order valence-electron chi connectivity index (χ3n) is 6.76. The van der Waals surface area contributed by atoms with Gasteiger partial charge >= 0.3 is 5.97 Å². The van der Waals surface area contributed by atoms with Crippen LogP contribution >= 0.6 is 0 Å². The zero-order valence-electron chi connectivity index (χ0n) is 16.4. The highest BCUT2D eigenvalue weighted by Crippen LogP contribution is 2.49. The van der Waals surface area contributed by atoms with Gasteiger partial charge in [0.1, 0.15) is 6.04 Å². The van der Waals surface area contributed by atoms with Crippen LogP contribution in [-0.2, 0) is 4.79 Å². The van der Waals surface area contributed by atoms with Crippen molar-refractivity contribution in [2.75, 3.05) is 0 Å². The van der Waals surface area contributed by atoms with Gasteiger partial charge in [0.25, 0.3) is 0 Å². The van der Waals surface area contributed by atoms with Gasteiger partial charge in [-0.05, 0) is 43.9 Å². The lowest BCUT2D eigenvalue weighted by Gasteiger charge is -2.38. The SMILES string of the molecule is CCC#CCC(C)[C@H](O)C=C[C@H]1[C@H](O)CC2[C@@H]1CC1CCCC(C(=O)O)N12. The highest BCUT2D eigenvalue weighted by Gasteiger charge is 2.54. The molecule has 0 amide bonds. The zero-order valence-corrected chi connectivity index (χ0v) is 16.4. The average molecular weight is 376 g/mol. The molecule has 0 bridgehead atoms. The Morgan fingerprint density at radius 1 is 1.30 bits per heavy atom. The van der Waals surface area contributed by atoms with Crippen molar-refractivity contribution in [1.29, 1.82) is 0 Å². The predicted octanol–water partition coefficient (Wildman–Crippen LogP) is 2.42. The molecule has 3 rings (SSSR count). The molecular formula is C22H33NO4. The van der Waals surface area contributed by atoms with Crippen LogP contribution in [0.1, 0.15) is 58.8 Å². The number of aliphatic hydroxyl groups excluding tert-OH is 2. The van der Waals surface area contributed by atoms with Crippen LogP contribution in [-0.4, -0.2) is 56.5 Å². The molecule has 0 spiro atoms. The van der Waals surface area contributed by atoms with Gasteiger partial charge in [-0.15, -0.1) is 11.8 Å². The monoisotopic (exact) mass is 375 g/mol. The van der Waals surface area contributed by atoms with Gasteiger partial charge in [-0.3, -0.25) is 9.69 Å². The number of carboxylic acids is 1. The van der Waals surface area contributed by atoms with Crippen molar-refractivity contribution in [1.82, 2.24) is 4.90 Å². The number of fused-ring (bicyclic) bond motifs is 3. The number of carbonyl (C=O) groups is 1. The highest BCUT2D eigenvalue weighted by molar-refractivity contribution is 5.73. The Hall–Kier alpha value is -1.35. The van der Waals surface area contributed by atoms with E-state index in [4.69, 9.17) is 0 Å². The van der Waals surface area contributed by atoms with Crippen molar-refractivity contribution in [3.63, 3.8) is 0 Å². The molecule has 0 aromatic carbocycles. The second-order valence-electron chi connectivity index (χ2n) is 8.50. The number of hydrogen-bond donors (Lipinski definition) is 3. The second kappa shape index (κ2) is 8.77. The lowest BCUT2D eigenvalue weighted by Crippen LogP contribution is -2.51. The number of aliphatic hydroxyl groups is 2. The first-order valence-electron chi connectivity index (χ1n) is 10.4. The van der Waals surface area contributed by atoms with Crippen LogP contribution in [0.5, 0.6) is 0 Å². The maximum atomic E-state index is 11.7. The molecule has 2 aliphatic heterocycles. The first-order chi connectivity index (χ1) is 12.9. The summed E-state index contributed by atoms with van der Waals surface area (Å²) in [6.07, 6.45) is 8.57. The topological polar surface area (TPSA) is 81.0 Å². The number of piperidine rings is 1. The maximum Gasteiger partial charge on any atom is 0.320 e. The minimum absolute atomic E-state index is 0.00128. The normalized spacial score (nSPS) is 38.1. The number of carboxylic acid groups (broad SMARTS) is 1. The summed E-state index contributed by atoms with van der Waals surface area (Å²) in [5.74, 6) is 5.72. The molecule has 0 aromatic rings. The molecular weight excluding hydrogens is 342 g/mol. The summed E-state index contributed by atoms with van der Waals surface area (Å²) in [6.45, 7) is 4.00. The molecule has 3 aliphatic rings. The first-order valence-corrected chi connectivity index (χ1v) is 10.4.